The van der Waals surface area contributed by atoms with Crippen molar-refractivity contribution in [3.8, 4) is 0 Å². The van der Waals surface area contributed by atoms with Gasteiger partial charge in [0.15, 0.2) is 5.96 Å². The quantitative estimate of drug-likeness (QED) is 0.0585. The topological polar surface area (TPSA) is 273 Å². The van der Waals surface area contributed by atoms with Crippen molar-refractivity contribution in [2.45, 2.75) is 49.9 Å². The number of aliphatic imine (C=N–C) groups is 1. The molecule has 4 unspecified atom stereocenters. The molecule has 1 rings (SSSR count). The molecule has 204 valence electrons. The van der Waals surface area contributed by atoms with Crippen molar-refractivity contribution in [2.24, 2.45) is 22.2 Å². The maximum absolute atomic E-state index is 13.0. The molecular formula is C22H33N7O8. The number of aliphatic hydroxyl groups excluding tert-OH is 1. The summed E-state index contributed by atoms with van der Waals surface area (Å²) in [5, 5.41) is 34.6. The number of rotatable bonds is 16. The van der Waals surface area contributed by atoms with Gasteiger partial charge in [-0.05, 0) is 18.4 Å². The van der Waals surface area contributed by atoms with Gasteiger partial charge in [-0.15, -0.1) is 0 Å². The number of hydrogen-bond donors (Lipinski definition) is 9. The number of aliphatic carboxylic acids is 2. The van der Waals surface area contributed by atoms with Crippen LogP contribution in [0.15, 0.2) is 35.3 Å². The van der Waals surface area contributed by atoms with Crippen molar-refractivity contribution < 1.29 is 39.3 Å². The lowest BCUT2D eigenvalue weighted by atomic mass is 10.0. The van der Waals surface area contributed by atoms with Gasteiger partial charge in [-0.3, -0.25) is 24.2 Å². The Morgan fingerprint density at radius 1 is 0.865 bits per heavy atom. The van der Waals surface area contributed by atoms with Crippen molar-refractivity contribution in [1.82, 2.24) is 16.0 Å². The first-order valence-electron chi connectivity index (χ1n) is 11.3. The van der Waals surface area contributed by atoms with Crippen LogP contribution in [0.1, 0.15) is 24.8 Å². The van der Waals surface area contributed by atoms with Crippen LogP contribution in [0.25, 0.3) is 0 Å². The molecule has 15 nitrogen and oxygen atoms in total. The summed E-state index contributed by atoms with van der Waals surface area (Å²) in [7, 11) is 0. The second-order valence-corrected chi connectivity index (χ2v) is 8.05. The van der Waals surface area contributed by atoms with Gasteiger partial charge in [0.05, 0.1) is 13.0 Å². The minimum atomic E-state index is -1.66. The molecule has 12 N–H and O–H groups in total. The van der Waals surface area contributed by atoms with E-state index in [9.17, 15) is 34.2 Å². The van der Waals surface area contributed by atoms with Gasteiger partial charge >= 0.3 is 11.9 Å². The predicted molar refractivity (Wildman–Crippen MR) is 131 cm³/mol. The second-order valence-electron chi connectivity index (χ2n) is 8.05. The van der Waals surface area contributed by atoms with E-state index < -0.39 is 66.9 Å². The van der Waals surface area contributed by atoms with E-state index in [1.165, 1.54) is 0 Å². The predicted octanol–water partition coefficient (Wildman–Crippen LogP) is -3.38. The van der Waals surface area contributed by atoms with E-state index in [1.807, 2.05) is 0 Å². The van der Waals surface area contributed by atoms with Crippen LogP contribution in [0.3, 0.4) is 0 Å². The maximum atomic E-state index is 13.0. The first-order valence-corrected chi connectivity index (χ1v) is 11.3. The minimum Gasteiger partial charge on any atom is -0.481 e. The number of guanidine groups is 1. The maximum Gasteiger partial charge on any atom is 0.326 e. The SMILES string of the molecule is NC(N)=NCCCC(NC(=O)C(CC(=O)O)NC(=O)C(Cc1ccccc1)NC(=O)C(N)CO)C(=O)O. The number of hydrogen-bond acceptors (Lipinski definition) is 8. The number of nitrogens with two attached hydrogens (primary N) is 3. The number of carboxylic acid groups (broad SMARTS) is 2. The Hall–Kier alpha value is -4.24. The number of carbonyl (C=O) groups excluding carboxylic acids is 3. The number of nitrogens with one attached hydrogen (secondary N) is 3. The fourth-order valence-electron chi connectivity index (χ4n) is 3.11. The highest BCUT2D eigenvalue weighted by Crippen LogP contribution is 2.06. The number of nitrogens with zero attached hydrogens (tertiary/aromatic N) is 1. The summed E-state index contributed by atoms with van der Waals surface area (Å²) < 4.78 is 0. The van der Waals surface area contributed by atoms with E-state index in [1.54, 1.807) is 30.3 Å². The zero-order valence-electron chi connectivity index (χ0n) is 20.0. The molecule has 0 aliphatic heterocycles. The Labute approximate surface area is 212 Å². The molecule has 0 spiro atoms. The van der Waals surface area contributed by atoms with Gasteiger partial charge in [-0.1, -0.05) is 30.3 Å². The van der Waals surface area contributed by atoms with E-state index in [0.717, 1.165) is 0 Å². The Bertz CT molecular complexity index is 969. The van der Waals surface area contributed by atoms with Gasteiger partial charge in [0.2, 0.25) is 17.7 Å². The van der Waals surface area contributed by atoms with Crippen molar-refractivity contribution in [3.05, 3.63) is 35.9 Å². The molecule has 0 aliphatic rings. The van der Waals surface area contributed by atoms with Crippen LogP contribution >= 0.6 is 0 Å². The monoisotopic (exact) mass is 523 g/mol. The standard InChI is InChI=1S/C22H33N7O8/c23-13(11-30)18(33)28-15(9-12-5-2-1-3-6-12)19(34)29-16(10-17(31)32)20(35)27-14(21(36)37)7-4-8-26-22(24)25/h1-3,5-6,13-16,30H,4,7-11,23H2,(H,27,35)(H,28,33)(H,29,34)(H,31,32)(H,36,37)(H4,24,25,26). The van der Waals surface area contributed by atoms with Crippen LogP contribution in [0, 0.1) is 0 Å². The van der Waals surface area contributed by atoms with E-state index in [4.69, 9.17) is 22.3 Å². The molecule has 0 bridgehead atoms. The third-order valence-electron chi connectivity index (χ3n) is 5.02. The number of benzene rings is 1. The summed E-state index contributed by atoms with van der Waals surface area (Å²) in [6.45, 7) is -0.580. The van der Waals surface area contributed by atoms with Gasteiger partial charge < -0.3 is 48.5 Å². The Balaban J connectivity index is 3.03. The van der Waals surface area contributed by atoms with Crippen LogP contribution in [-0.4, -0.2) is 88.3 Å². The Morgan fingerprint density at radius 3 is 1.97 bits per heavy atom. The molecule has 0 aromatic heterocycles. The van der Waals surface area contributed by atoms with E-state index in [2.05, 4.69) is 20.9 Å². The summed E-state index contributed by atoms with van der Waals surface area (Å²) in [6.07, 6.45) is -0.778. The average molecular weight is 524 g/mol. The molecular weight excluding hydrogens is 490 g/mol. The first kappa shape index (κ1) is 30.8. The fraction of sp³-hybridized carbons (Fsp3) is 0.455. The number of carboxylic acids is 2. The molecule has 0 fully saturated rings. The van der Waals surface area contributed by atoms with E-state index in [-0.39, 0.29) is 31.8 Å². The minimum absolute atomic E-state index is 0.0412. The van der Waals surface area contributed by atoms with Crippen LogP contribution in [-0.2, 0) is 30.4 Å². The van der Waals surface area contributed by atoms with Crippen LogP contribution < -0.4 is 33.2 Å². The Morgan fingerprint density at radius 2 is 1.43 bits per heavy atom. The van der Waals surface area contributed by atoms with Crippen LogP contribution in [0.2, 0.25) is 0 Å². The molecule has 15 heteroatoms. The third-order valence-corrected chi connectivity index (χ3v) is 5.02. The fourth-order valence-corrected chi connectivity index (χ4v) is 3.11. The summed E-state index contributed by atoms with van der Waals surface area (Å²) in [5.41, 5.74) is 16.6. The number of aliphatic hydroxyl groups is 1. The molecule has 0 aliphatic carbocycles. The largest absolute Gasteiger partial charge is 0.481 e. The first-order chi connectivity index (χ1) is 17.4. The molecule has 0 heterocycles. The van der Waals surface area contributed by atoms with Crippen molar-refractivity contribution in [2.75, 3.05) is 13.2 Å². The van der Waals surface area contributed by atoms with Crippen molar-refractivity contribution in [3.63, 3.8) is 0 Å². The van der Waals surface area contributed by atoms with Gasteiger partial charge in [-0.2, -0.15) is 0 Å². The lowest BCUT2D eigenvalue weighted by Gasteiger charge is -2.24. The normalized spacial score (nSPS) is 13.8. The van der Waals surface area contributed by atoms with E-state index in [0.29, 0.717) is 5.56 Å². The molecule has 1 aromatic rings. The van der Waals surface area contributed by atoms with Gasteiger partial charge in [0, 0.05) is 13.0 Å². The number of carbonyl (C=O) groups is 5. The summed E-state index contributed by atoms with van der Waals surface area (Å²) in [4.78, 5) is 64.7. The lowest BCUT2D eigenvalue weighted by molar-refractivity contribution is -0.143. The smallest absolute Gasteiger partial charge is 0.326 e. The number of amides is 3. The van der Waals surface area contributed by atoms with Crippen molar-refractivity contribution in [1.29, 1.82) is 0 Å². The highest BCUT2D eigenvalue weighted by Gasteiger charge is 2.31. The molecule has 37 heavy (non-hydrogen) atoms. The molecule has 0 saturated carbocycles. The average Bonchev–Trinajstić information content (AvgIpc) is 2.84. The summed E-state index contributed by atoms with van der Waals surface area (Å²) in [5.74, 6) is -5.82. The molecule has 0 saturated heterocycles. The summed E-state index contributed by atoms with van der Waals surface area (Å²) in [6, 6.07) is 2.83. The zero-order chi connectivity index (χ0) is 28.0. The van der Waals surface area contributed by atoms with Gasteiger partial charge in [-0.25, -0.2) is 4.79 Å². The zero-order valence-corrected chi connectivity index (χ0v) is 20.0. The molecule has 0 radical (unpaired) electrons. The second kappa shape index (κ2) is 15.7. The molecule has 4 atom stereocenters. The highest BCUT2D eigenvalue weighted by atomic mass is 16.4. The lowest BCUT2D eigenvalue weighted by Crippen LogP contribution is -2.58. The third kappa shape index (κ3) is 11.8. The van der Waals surface area contributed by atoms with Crippen molar-refractivity contribution >= 4 is 35.6 Å². The Kier molecular flexibility index (Phi) is 13.1. The van der Waals surface area contributed by atoms with Crippen LogP contribution in [0.4, 0.5) is 0 Å². The summed E-state index contributed by atoms with van der Waals surface area (Å²) >= 11 is 0. The molecule has 3 amide bonds. The van der Waals surface area contributed by atoms with E-state index >= 15 is 0 Å². The molecule has 1 aromatic carbocycles. The van der Waals surface area contributed by atoms with Gasteiger partial charge in [0.1, 0.15) is 24.2 Å². The van der Waals surface area contributed by atoms with Gasteiger partial charge in [0.25, 0.3) is 0 Å². The highest BCUT2D eigenvalue weighted by molar-refractivity contribution is 5.95. The van der Waals surface area contributed by atoms with Crippen LogP contribution in [0.5, 0.6) is 0 Å².